The van der Waals surface area contributed by atoms with Gasteiger partial charge in [0.05, 0.1) is 12.7 Å². The van der Waals surface area contributed by atoms with Gasteiger partial charge in [-0.25, -0.2) is 0 Å². The summed E-state index contributed by atoms with van der Waals surface area (Å²) in [7, 11) is 1.54. The number of Topliss-reactive ketones (excluding diaryl/α,β-unsaturated/α-hetero) is 1. The Bertz CT molecular complexity index is 1090. The predicted octanol–water partition coefficient (Wildman–Crippen LogP) is 3.82. The third-order valence-electron chi connectivity index (χ3n) is 5.76. The standard InChI is InChI=1S/C24H26N4O4/c1-16-6-8-21(31-2)18(15-16)20(29)7-9-22(30)28-13-10-17(11-14-28)23-26-24(32-27-23)19-5-3-4-12-25-19/h3-6,8,12,15,17H,7,9-11,13-14H2,1-2H3. The summed E-state index contributed by atoms with van der Waals surface area (Å²) >= 11 is 0. The van der Waals surface area contributed by atoms with Crippen LogP contribution in [-0.2, 0) is 4.79 Å². The van der Waals surface area contributed by atoms with Crippen LogP contribution in [0.3, 0.4) is 0 Å². The quantitative estimate of drug-likeness (QED) is 0.521. The van der Waals surface area contributed by atoms with Gasteiger partial charge < -0.3 is 14.2 Å². The van der Waals surface area contributed by atoms with Gasteiger partial charge in [0.2, 0.25) is 5.91 Å². The van der Waals surface area contributed by atoms with Gasteiger partial charge in [-0.15, -0.1) is 0 Å². The summed E-state index contributed by atoms with van der Waals surface area (Å²) in [6, 6.07) is 11.0. The number of piperidine rings is 1. The molecule has 0 N–H and O–H groups in total. The molecule has 1 aliphatic heterocycles. The van der Waals surface area contributed by atoms with E-state index < -0.39 is 0 Å². The zero-order valence-corrected chi connectivity index (χ0v) is 18.3. The number of aromatic nitrogens is 3. The molecule has 4 rings (SSSR count). The average molecular weight is 434 g/mol. The van der Waals surface area contributed by atoms with Crippen LogP contribution in [0.1, 0.15) is 53.3 Å². The molecule has 8 heteroatoms. The molecule has 1 amide bonds. The lowest BCUT2D eigenvalue weighted by atomic mass is 9.95. The molecule has 1 aliphatic rings. The highest BCUT2D eigenvalue weighted by molar-refractivity contribution is 6.00. The molecule has 0 aliphatic carbocycles. The van der Waals surface area contributed by atoms with Gasteiger partial charge in [0.1, 0.15) is 11.4 Å². The number of rotatable bonds is 7. The van der Waals surface area contributed by atoms with Gasteiger partial charge in [-0.05, 0) is 44.0 Å². The summed E-state index contributed by atoms with van der Waals surface area (Å²) in [5.74, 6) is 1.65. The van der Waals surface area contributed by atoms with Crippen molar-refractivity contribution in [2.45, 2.75) is 38.5 Å². The van der Waals surface area contributed by atoms with E-state index in [4.69, 9.17) is 9.26 Å². The fraction of sp³-hybridized carbons (Fsp3) is 0.375. The first kappa shape index (κ1) is 21.7. The second-order valence-electron chi connectivity index (χ2n) is 7.95. The number of carbonyl (C=O) groups is 2. The number of ketones is 1. The summed E-state index contributed by atoms with van der Waals surface area (Å²) in [6.07, 6.45) is 3.55. The molecule has 0 spiro atoms. The summed E-state index contributed by atoms with van der Waals surface area (Å²) in [4.78, 5) is 35.8. The minimum Gasteiger partial charge on any atom is -0.496 e. The lowest BCUT2D eigenvalue weighted by molar-refractivity contribution is -0.132. The van der Waals surface area contributed by atoms with Crippen molar-refractivity contribution in [1.29, 1.82) is 0 Å². The molecule has 0 bridgehead atoms. The molecular weight excluding hydrogens is 408 g/mol. The van der Waals surface area contributed by atoms with Gasteiger partial charge in [0.15, 0.2) is 11.6 Å². The van der Waals surface area contributed by atoms with Crippen LogP contribution in [-0.4, -0.2) is 51.9 Å². The molecule has 3 heterocycles. The number of hydrogen-bond donors (Lipinski definition) is 0. The zero-order chi connectivity index (χ0) is 22.5. The third-order valence-corrected chi connectivity index (χ3v) is 5.76. The number of likely N-dealkylation sites (tertiary alicyclic amines) is 1. The minimum absolute atomic E-state index is 0.00861. The van der Waals surface area contributed by atoms with Crippen LogP contribution in [0, 0.1) is 6.92 Å². The number of aryl methyl sites for hydroxylation is 1. The van der Waals surface area contributed by atoms with E-state index >= 15 is 0 Å². The van der Waals surface area contributed by atoms with Crippen molar-refractivity contribution < 1.29 is 18.8 Å². The minimum atomic E-state index is -0.0809. The fourth-order valence-electron chi connectivity index (χ4n) is 3.93. The molecule has 8 nitrogen and oxygen atoms in total. The molecule has 1 fully saturated rings. The van der Waals surface area contributed by atoms with Crippen LogP contribution in [0.2, 0.25) is 0 Å². The van der Waals surface area contributed by atoms with Crippen LogP contribution >= 0.6 is 0 Å². The number of nitrogens with zero attached hydrogens (tertiary/aromatic N) is 4. The van der Waals surface area contributed by atoms with Gasteiger partial charge in [-0.3, -0.25) is 14.6 Å². The smallest absolute Gasteiger partial charge is 0.276 e. The lowest BCUT2D eigenvalue weighted by Crippen LogP contribution is -2.38. The normalized spacial score (nSPS) is 14.4. The molecule has 2 aromatic heterocycles. The number of amides is 1. The van der Waals surface area contributed by atoms with E-state index in [1.54, 1.807) is 25.4 Å². The van der Waals surface area contributed by atoms with Gasteiger partial charge >= 0.3 is 0 Å². The Morgan fingerprint density at radius 3 is 2.69 bits per heavy atom. The maximum Gasteiger partial charge on any atom is 0.276 e. The Labute approximate surface area is 186 Å². The van der Waals surface area contributed by atoms with E-state index in [1.807, 2.05) is 36.1 Å². The van der Waals surface area contributed by atoms with Crippen molar-refractivity contribution in [3.05, 3.63) is 59.5 Å². The highest BCUT2D eigenvalue weighted by atomic mass is 16.5. The van der Waals surface area contributed by atoms with E-state index in [9.17, 15) is 9.59 Å². The molecule has 1 aromatic carbocycles. The topological polar surface area (TPSA) is 98.4 Å². The van der Waals surface area contributed by atoms with E-state index in [0.29, 0.717) is 41.8 Å². The first-order chi connectivity index (χ1) is 15.5. The average Bonchev–Trinajstić information content (AvgIpc) is 3.33. The lowest BCUT2D eigenvalue weighted by Gasteiger charge is -2.30. The van der Waals surface area contributed by atoms with Crippen LogP contribution in [0.15, 0.2) is 47.1 Å². The molecule has 0 unspecified atom stereocenters. The summed E-state index contributed by atoms with van der Waals surface area (Å²) in [5.41, 5.74) is 2.16. The number of methoxy groups -OCH3 is 1. The van der Waals surface area contributed by atoms with Crippen LogP contribution in [0.5, 0.6) is 5.75 Å². The van der Waals surface area contributed by atoms with Gasteiger partial charge in [0.25, 0.3) is 5.89 Å². The number of carbonyl (C=O) groups excluding carboxylic acids is 2. The maximum absolute atomic E-state index is 12.7. The van der Waals surface area contributed by atoms with Gasteiger partial charge in [-0.1, -0.05) is 22.9 Å². The summed E-state index contributed by atoms with van der Waals surface area (Å²) < 4.78 is 10.6. The van der Waals surface area contributed by atoms with E-state index in [-0.39, 0.29) is 30.4 Å². The largest absolute Gasteiger partial charge is 0.496 e. The number of hydrogen-bond acceptors (Lipinski definition) is 7. The Hall–Kier alpha value is -3.55. The molecule has 32 heavy (non-hydrogen) atoms. The maximum atomic E-state index is 12.7. The molecule has 0 saturated carbocycles. The Morgan fingerprint density at radius 2 is 1.97 bits per heavy atom. The highest BCUT2D eigenvalue weighted by Gasteiger charge is 2.27. The van der Waals surface area contributed by atoms with Crippen LogP contribution in [0.4, 0.5) is 0 Å². The monoisotopic (exact) mass is 434 g/mol. The summed E-state index contributed by atoms with van der Waals surface area (Å²) in [6.45, 7) is 3.15. The first-order valence-corrected chi connectivity index (χ1v) is 10.8. The van der Waals surface area contributed by atoms with Crippen molar-refractivity contribution in [3.63, 3.8) is 0 Å². The van der Waals surface area contributed by atoms with E-state index in [2.05, 4.69) is 15.1 Å². The van der Waals surface area contributed by atoms with Gasteiger partial charge in [0, 0.05) is 38.0 Å². The second kappa shape index (κ2) is 9.72. The van der Waals surface area contributed by atoms with Gasteiger partial charge in [-0.2, -0.15) is 4.98 Å². The Morgan fingerprint density at radius 1 is 1.16 bits per heavy atom. The molecule has 1 saturated heterocycles. The summed E-state index contributed by atoms with van der Waals surface area (Å²) in [5, 5.41) is 4.12. The van der Waals surface area contributed by atoms with Crippen molar-refractivity contribution >= 4 is 11.7 Å². The predicted molar refractivity (Wildman–Crippen MR) is 117 cm³/mol. The first-order valence-electron chi connectivity index (χ1n) is 10.8. The zero-order valence-electron chi connectivity index (χ0n) is 18.3. The Balaban J connectivity index is 1.29. The molecular formula is C24H26N4O4. The second-order valence-corrected chi connectivity index (χ2v) is 7.95. The fourth-order valence-corrected chi connectivity index (χ4v) is 3.93. The highest BCUT2D eigenvalue weighted by Crippen LogP contribution is 2.28. The van der Waals surface area contributed by atoms with Crippen LogP contribution in [0.25, 0.3) is 11.6 Å². The Kier molecular flexibility index (Phi) is 6.58. The van der Waals surface area contributed by atoms with Crippen molar-refractivity contribution in [2.24, 2.45) is 0 Å². The van der Waals surface area contributed by atoms with E-state index in [1.165, 1.54) is 0 Å². The number of benzene rings is 1. The van der Waals surface area contributed by atoms with E-state index in [0.717, 1.165) is 18.4 Å². The SMILES string of the molecule is COc1ccc(C)cc1C(=O)CCC(=O)N1CCC(c2noc(-c3ccccn3)n2)CC1. The van der Waals surface area contributed by atoms with Crippen molar-refractivity contribution in [1.82, 2.24) is 20.0 Å². The number of ether oxygens (including phenoxy) is 1. The van der Waals surface area contributed by atoms with Crippen molar-refractivity contribution in [3.8, 4) is 17.3 Å². The molecule has 3 aromatic rings. The molecule has 0 radical (unpaired) electrons. The van der Waals surface area contributed by atoms with Crippen LogP contribution < -0.4 is 4.74 Å². The third kappa shape index (κ3) is 4.85. The number of pyridine rings is 1. The van der Waals surface area contributed by atoms with Crippen molar-refractivity contribution in [2.75, 3.05) is 20.2 Å². The molecule has 0 atom stereocenters. The molecule has 166 valence electrons.